The third kappa shape index (κ3) is 3.81. The Hall–Kier alpha value is -0.380. The van der Waals surface area contributed by atoms with Crippen molar-refractivity contribution in [3.05, 3.63) is 21.9 Å². The lowest BCUT2D eigenvalue weighted by Gasteiger charge is -2.35. The number of aryl methyl sites for hydroxylation is 1. The SMILES string of the molecule is CCC1CCCCN1CCNCc1sccc1C. The molecule has 1 aliphatic heterocycles. The largest absolute Gasteiger partial charge is 0.311 e. The van der Waals surface area contributed by atoms with E-state index in [4.69, 9.17) is 0 Å². The average Bonchev–Trinajstić information content (AvgIpc) is 2.81. The van der Waals surface area contributed by atoms with Crippen LogP contribution in [0.3, 0.4) is 0 Å². The van der Waals surface area contributed by atoms with Crippen molar-refractivity contribution in [3.8, 4) is 0 Å². The second kappa shape index (κ2) is 7.27. The molecule has 0 spiro atoms. The van der Waals surface area contributed by atoms with Gasteiger partial charge in [-0.2, -0.15) is 0 Å². The van der Waals surface area contributed by atoms with Crippen LogP contribution in [-0.4, -0.2) is 30.6 Å². The molecule has 2 nitrogen and oxygen atoms in total. The van der Waals surface area contributed by atoms with Gasteiger partial charge in [-0.25, -0.2) is 0 Å². The first-order chi connectivity index (χ1) is 8.81. The fraction of sp³-hybridized carbons (Fsp3) is 0.733. The first-order valence-electron chi connectivity index (χ1n) is 7.29. The topological polar surface area (TPSA) is 15.3 Å². The zero-order valence-electron chi connectivity index (χ0n) is 11.7. The van der Waals surface area contributed by atoms with E-state index in [9.17, 15) is 0 Å². The summed E-state index contributed by atoms with van der Waals surface area (Å²) in [5.41, 5.74) is 1.43. The summed E-state index contributed by atoms with van der Waals surface area (Å²) in [6, 6.07) is 3.04. The van der Waals surface area contributed by atoms with Crippen LogP contribution in [0, 0.1) is 6.92 Å². The van der Waals surface area contributed by atoms with Crippen LogP contribution in [0.2, 0.25) is 0 Å². The lowest BCUT2D eigenvalue weighted by atomic mass is 10.0. The second-order valence-corrected chi connectivity index (χ2v) is 6.30. The highest BCUT2D eigenvalue weighted by Gasteiger charge is 2.19. The van der Waals surface area contributed by atoms with Crippen LogP contribution >= 0.6 is 11.3 Å². The molecule has 102 valence electrons. The van der Waals surface area contributed by atoms with Crippen molar-refractivity contribution in [1.29, 1.82) is 0 Å². The monoisotopic (exact) mass is 266 g/mol. The van der Waals surface area contributed by atoms with E-state index < -0.39 is 0 Å². The first kappa shape index (κ1) is 14.0. The van der Waals surface area contributed by atoms with E-state index in [-0.39, 0.29) is 0 Å². The molecule has 0 amide bonds. The predicted octanol–water partition coefficient (Wildman–Crippen LogP) is 3.41. The van der Waals surface area contributed by atoms with E-state index in [1.807, 2.05) is 11.3 Å². The van der Waals surface area contributed by atoms with Crippen molar-refractivity contribution in [2.75, 3.05) is 19.6 Å². The van der Waals surface area contributed by atoms with Gasteiger partial charge in [0.25, 0.3) is 0 Å². The number of nitrogens with one attached hydrogen (secondary N) is 1. The van der Waals surface area contributed by atoms with Gasteiger partial charge in [0, 0.05) is 30.6 Å². The Labute approximate surface area is 115 Å². The number of rotatable bonds is 6. The third-order valence-corrected chi connectivity index (χ3v) is 5.07. The molecule has 1 aliphatic rings. The highest BCUT2D eigenvalue weighted by atomic mass is 32.1. The van der Waals surface area contributed by atoms with Gasteiger partial charge in [0.2, 0.25) is 0 Å². The molecule has 1 saturated heterocycles. The minimum Gasteiger partial charge on any atom is -0.311 e. The van der Waals surface area contributed by atoms with Gasteiger partial charge in [0.15, 0.2) is 0 Å². The standard InChI is InChI=1S/C15H26N2S/c1-3-14-6-4-5-9-17(14)10-8-16-12-15-13(2)7-11-18-15/h7,11,14,16H,3-6,8-10,12H2,1-2H3. The molecule has 1 aromatic heterocycles. The molecule has 1 atom stereocenters. The molecule has 0 aliphatic carbocycles. The Balaban J connectivity index is 1.67. The zero-order chi connectivity index (χ0) is 12.8. The van der Waals surface area contributed by atoms with Gasteiger partial charge in [-0.05, 0) is 49.7 Å². The molecule has 0 aromatic carbocycles. The minimum atomic E-state index is 0.837. The smallest absolute Gasteiger partial charge is 0.0302 e. The lowest BCUT2D eigenvalue weighted by Crippen LogP contribution is -2.42. The summed E-state index contributed by atoms with van der Waals surface area (Å²) in [6.45, 7) is 9.19. The van der Waals surface area contributed by atoms with E-state index in [0.717, 1.165) is 19.1 Å². The van der Waals surface area contributed by atoms with Crippen LogP contribution < -0.4 is 5.32 Å². The molecule has 18 heavy (non-hydrogen) atoms. The Bertz CT molecular complexity index is 348. The molecule has 0 bridgehead atoms. The summed E-state index contributed by atoms with van der Waals surface area (Å²) < 4.78 is 0. The Morgan fingerprint density at radius 3 is 3.06 bits per heavy atom. The maximum atomic E-state index is 3.59. The fourth-order valence-corrected chi connectivity index (χ4v) is 3.70. The Morgan fingerprint density at radius 1 is 1.44 bits per heavy atom. The van der Waals surface area contributed by atoms with E-state index in [0.29, 0.717) is 0 Å². The third-order valence-electron chi connectivity index (χ3n) is 4.05. The molecule has 3 heteroatoms. The maximum absolute atomic E-state index is 3.59. The normalized spacial score (nSPS) is 21.3. The van der Waals surface area contributed by atoms with Crippen LogP contribution in [0.15, 0.2) is 11.4 Å². The van der Waals surface area contributed by atoms with E-state index in [1.165, 1.54) is 49.2 Å². The zero-order valence-corrected chi connectivity index (χ0v) is 12.6. The maximum Gasteiger partial charge on any atom is 0.0302 e. The van der Waals surface area contributed by atoms with Crippen LogP contribution in [0.5, 0.6) is 0 Å². The molecule has 2 heterocycles. The molecule has 1 N–H and O–H groups in total. The van der Waals surface area contributed by atoms with Crippen molar-refractivity contribution in [1.82, 2.24) is 10.2 Å². The highest BCUT2D eigenvalue weighted by molar-refractivity contribution is 7.10. The van der Waals surface area contributed by atoms with Gasteiger partial charge in [-0.3, -0.25) is 4.90 Å². The number of thiophene rings is 1. The van der Waals surface area contributed by atoms with Gasteiger partial charge >= 0.3 is 0 Å². The first-order valence-corrected chi connectivity index (χ1v) is 8.17. The van der Waals surface area contributed by atoms with E-state index >= 15 is 0 Å². The number of nitrogens with zero attached hydrogens (tertiary/aromatic N) is 1. The molecular formula is C15H26N2S. The summed E-state index contributed by atoms with van der Waals surface area (Å²) in [4.78, 5) is 4.17. The quantitative estimate of drug-likeness (QED) is 0.794. The van der Waals surface area contributed by atoms with Crippen molar-refractivity contribution < 1.29 is 0 Å². The van der Waals surface area contributed by atoms with Gasteiger partial charge in [-0.15, -0.1) is 11.3 Å². The molecule has 2 rings (SSSR count). The van der Waals surface area contributed by atoms with Crippen molar-refractivity contribution in [2.24, 2.45) is 0 Å². The summed E-state index contributed by atoms with van der Waals surface area (Å²) in [6.07, 6.45) is 5.53. The molecule has 1 unspecified atom stereocenters. The number of piperidine rings is 1. The van der Waals surface area contributed by atoms with Gasteiger partial charge in [0.05, 0.1) is 0 Å². The molecule has 0 saturated carbocycles. The molecule has 0 radical (unpaired) electrons. The summed E-state index contributed by atoms with van der Waals surface area (Å²) in [5, 5.41) is 5.77. The predicted molar refractivity (Wildman–Crippen MR) is 80.3 cm³/mol. The Kier molecular flexibility index (Phi) is 5.67. The summed E-state index contributed by atoms with van der Waals surface area (Å²) >= 11 is 1.86. The number of likely N-dealkylation sites (tertiary alicyclic amines) is 1. The number of hydrogen-bond acceptors (Lipinski definition) is 3. The summed E-state index contributed by atoms with van der Waals surface area (Å²) in [7, 11) is 0. The van der Waals surface area contributed by atoms with Crippen LogP contribution in [0.25, 0.3) is 0 Å². The van der Waals surface area contributed by atoms with Gasteiger partial charge in [-0.1, -0.05) is 13.3 Å². The van der Waals surface area contributed by atoms with Gasteiger partial charge in [0.1, 0.15) is 0 Å². The fourth-order valence-electron chi connectivity index (χ4n) is 2.83. The van der Waals surface area contributed by atoms with Crippen molar-refractivity contribution in [3.63, 3.8) is 0 Å². The van der Waals surface area contributed by atoms with Crippen LogP contribution in [0.4, 0.5) is 0 Å². The van der Waals surface area contributed by atoms with Crippen molar-refractivity contribution in [2.45, 2.75) is 52.1 Å². The lowest BCUT2D eigenvalue weighted by molar-refractivity contribution is 0.145. The van der Waals surface area contributed by atoms with Crippen molar-refractivity contribution >= 4 is 11.3 Å². The Morgan fingerprint density at radius 2 is 2.33 bits per heavy atom. The summed E-state index contributed by atoms with van der Waals surface area (Å²) in [5.74, 6) is 0. The molecular weight excluding hydrogens is 240 g/mol. The van der Waals surface area contributed by atoms with Crippen LogP contribution in [-0.2, 0) is 6.54 Å². The van der Waals surface area contributed by atoms with E-state index in [1.54, 1.807) is 0 Å². The second-order valence-electron chi connectivity index (χ2n) is 5.30. The number of hydrogen-bond donors (Lipinski definition) is 1. The minimum absolute atomic E-state index is 0.837. The highest BCUT2D eigenvalue weighted by Crippen LogP contribution is 2.18. The molecule has 1 fully saturated rings. The average molecular weight is 266 g/mol. The van der Waals surface area contributed by atoms with Gasteiger partial charge < -0.3 is 5.32 Å². The molecule has 1 aromatic rings. The van der Waals surface area contributed by atoms with Crippen LogP contribution in [0.1, 0.15) is 43.0 Å². The van der Waals surface area contributed by atoms with E-state index in [2.05, 4.69) is 35.5 Å².